The molecule has 96 valence electrons. The van der Waals surface area contributed by atoms with Crippen molar-refractivity contribution in [3.63, 3.8) is 0 Å². The number of aryl methyl sites for hydroxylation is 1. The molecule has 2 rings (SSSR count). The average Bonchev–Trinajstić information content (AvgIpc) is 2.66. The minimum Gasteiger partial charge on any atom is -0.464 e. The minimum atomic E-state index is 0.258. The highest BCUT2D eigenvalue weighted by molar-refractivity contribution is 7.99. The molecule has 0 saturated carbocycles. The third-order valence-corrected chi connectivity index (χ3v) is 4.33. The van der Waals surface area contributed by atoms with Crippen LogP contribution in [0.5, 0.6) is 0 Å². The highest BCUT2D eigenvalue weighted by atomic mass is 32.2. The van der Waals surface area contributed by atoms with E-state index in [2.05, 4.69) is 24.0 Å². The molecule has 0 bridgehead atoms. The standard InChI is InChI=1S/C13H22N2OS/c1-2-11-4-5-13(16-11)12(10-14)15-6-3-8-17-9-7-15/h4-5,12H,2-3,6-10,14H2,1H3. The quantitative estimate of drug-likeness (QED) is 0.895. The van der Waals surface area contributed by atoms with Crippen LogP contribution in [0.4, 0.5) is 0 Å². The highest BCUT2D eigenvalue weighted by Gasteiger charge is 2.22. The molecule has 4 heteroatoms. The van der Waals surface area contributed by atoms with E-state index in [0.29, 0.717) is 6.54 Å². The molecule has 1 fully saturated rings. The van der Waals surface area contributed by atoms with Crippen molar-refractivity contribution in [1.29, 1.82) is 0 Å². The SMILES string of the molecule is CCc1ccc(C(CN)N2CCCSCC2)o1. The molecule has 1 aromatic rings. The lowest BCUT2D eigenvalue weighted by atomic mass is 10.2. The number of nitrogens with two attached hydrogens (primary N) is 1. The first-order chi connectivity index (χ1) is 8.35. The van der Waals surface area contributed by atoms with Gasteiger partial charge in [0, 0.05) is 25.3 Å². The van der Waals surface area contributed by atoms with Gasteiger partial charge in [-0.05, 0) is 30.9 Å². The molecule has 0 radical (unpaired) electrons. The fourth-order valence-electron chi connectivity index (χ4n) is 2.29. The van der Waals surface area contributed by atoms with Crippen LogP contribution in [0.3, 0.4) is 0 Å². The van der Waals surface area contributed by atoms with E-state index in [9.17, 15) is 0 Å². The van der Waals surface area contributed by atoms with Gasteiger partial charge in [-0.15, -0.1) is 0 Å². The molecule has 1 atom stereocenters. The number of thioether (sulfide) groups is 1. The summed E-state index contributed by atoms with van der Waals surface area (Å²) >= 11 is 2.04. The van der Waals surface area contributed by atoms with E-state index in [0.717, 1.165) is 31.0 Å². The summed E-state index contributed by atoms with van der Waals surface area (Å²) in [4.78, 5) is 2.47. The normalized spacial score (nSPS) is 20.1. The van der Waals surface area contributed by atoms with Crippen LogP contribution < -0.4 is 5.73 Å². The Morgan fingerprint density at radius 3 is 3.00 bits per heavy atom. The molecule has 0 spiro atoms. The van der Waals surface area contributed by atoms with Gasteiger partial charge in [-0.2, -0.15) is 11.8 Å². The first-order valence-electron chi connectivity index (χ1n) is 6.45. The van der Waals surface area contributed by atoms with Crippen LogP contribution in [-0.2, 0) is 6.42 Å². The summed E-state index contributed by atoms with van der Waals surface area (Å²) < 4.78 is 5.85. The second-order valence-electron chi connectivity index (χ2n) is 4.41. The highest BCUT2D eigenvalue weighted by Crippen LogP contribution is 2.24. The monoisotopic (exact) mass is 254 g/mol. The number of nitrogens with zero attached hydrogens (tertiary/aromatic N) is 1. The number of rotatable bonds is 4. The molecule has 1 unspecified atom stereocenters. The minimum absolute atomic E-state index is 0.258. The van der Waals surface area contributed by atoms with Crippen LogP contribution in [0.1, 0.15) is 30.9 Å². The van der Waals surface area contributed by atoms with Crippen molar-refractivity contribution < 1.29 is 4.42 Å². The average molecular weight is 254 g/mol. The van der Waals surface area contributed by atoms with Crippen LogP contribution in [0.15, 0.2) is 16.5 Å². The molecule has 2 heterocycles. The molecule has 0 aliphatic carbocycles. The van der Waals surface area contributed by atoms with Gasteiger partial charge in [0.1, 0.15) is 11.5 Å². The van der Waals surface area contributed by atoms with E-state index in [4.69, 9.17) is 10.2 Å². The van der Waals surface area contributed by atoms with Crippen LogP contribution >= 0.6 is 11.8 Å². The Labute approximate surface area is 108 Å². The molecule has 1 aliphatic rings. The number of hydrogen-bond donors (Lipinski definition) is 1. The zero-order valence-electron chi connectivity index (χ0n) is 10.5. The lowest BCUT2D eigenvalue weighted by Gasteiger charge is -2.27. The Kier molecular flexibility index (Phi) is 4.95. The van der Waals surface area contributed by atoms with Crippen molar-refractivity contribution in [3.8, 4) is 0 Å². The lowest BCUT2D eigenvalue weighted by molar-refractivity contribution is 0.191. The Bertz CT molecular complexity index is 332. The van der Waals surface area contributed by atoms with Crippen LogP contribution in [0.25, 0.3) is 0 Å². The van der Waals surface area contributed by atoms with Crippen molar-refractivity contribution >= 4 is 11.8 Å². The number of hydrogen-bond acceptors (Lipinski definition) is 4. The van der Waals surface area contributed by atoms with Crippen molar-refractivity contribution in [2.24, 2.45) is 5.73 Å². The summed E-state index contributed by atoms with van der Waals surface area (Å²) in [6.07, 6.45) is 2.20. The topological polar surface area (TPSA) is 42.4 Å². The molecular weight excluding hydrogens is 232 g/mol. The maximum absolute atomic E-state index is 5.93. The fourth-order valence-corrected chi connectivity index (χ4v) is 3.19. The lowest BCUT2D eigenvalue weighted by Crippen LogP contribution is -2.35. The van der Waals surface area contributed by atoms with Crippen molar-refractivity contribution in [3.05, 3.63) is 23.7 Å². The summed E-state index contributed by atoms with van der Waals surface area (Å²) in [5.74, 6) is 4.57. The predicted octanol–water partition coefficient (Wildman–Crippen LogP) is 2.28. The molecule has 2 N–H and O–H groups in total. The largest absolute Gasteiger partial charge is 0.464 e. The Morgan fingerprint density at radius 1 is 1.41 bits per heavy atom. The van der Waals surface area contributed by atoms with Gasteiger partial charge in [0.25, 0.3) is 0 Å². The zero-order chi connectivity index (χ0) is 12.1. The maximum Gasteiger partial charge on any atom is 0.122 e. The van der Waals surface area contributed by atoms with Crippen LogP contribution in [-0.4, -0.2) is 36.0 Å². The van der Waals surface area contributed by atoms with E-state index >= 15 is 0 Å². The summed E-state index contributed by atoms with van der Waals surface area (Å²) in [5.41, 5.74) is 5.93. The van der Waals surface area contributed by atoms with E-state index in [1.54, 1.807) is 0 Å². The molecule has 17 heavy (non-hydrogen) atoms. The van der Waals surface area contributed by atoms with Gasteiger partial charge in [-0.3, -0.25) is 4.90 Å². The molecular formula is C13H22N2OS. The van der Waals surface area contributed by atoms with Gasteiger partial charge in [0.2, 0.25) is 0 Å². The van der Waals surface area contributed by atoms with Gasteiger partial charge in [-0.1, -0.05) is 6.92 Å². The van der Waals surface area contributed by atoms with Crippen LogP contribution in [0.2, 0.25) is 0 Å². The first kappa shape index (κ1) is 13.0. The van der Waals surface area contributed by atoms with E-state index < -0.39 is 0 Å². The van der Waals surface area contributed by atoms with Gasteiger partial charge in [-0.25, -0.2) is 0 Å². The second-order valence-corrected chi connectivity index (χ2v) is 5.64. The molecule has 0 aromatic carbocycles. The van der Waals surface area contributed by atoms with Gasteiger partial charge >= 0.3 is 0 Å². The van der Waals surface area contributed by atoms with Gasteiger partial charge < -0.3 is 10.2 Å². The Morgan fingerprint density at radius 2 is 2.29 bits per heavy atom. The van der Waals surface area contributed by atoms with E-state index in [-0.39, 0.29) is 6.04 Å². The first-order valence-corrected chi connectivity index (χ1v) is 7.61. The second kappa shape index (κ2) is 6.47. The predicted molar refractivity (Wildman–Crippen MR) is 73.4 cm³/mol. The third-order valence-electron chi connectivity index (χ3n) is 3.28. The maximum atomic E-state index is 5.93. The van der Waals surface area contributed by atoms with Crippen LogP contribution in [0, 0.1) is 0 Å². The van der Waals surface area contributed by atoms with Crippen molar-refractivity contribution in [1.82, 2.24) is 4.90 Å². The third kappa shape index (κ3) is 3.27. The molecule has 1 aliphatic heterocycles. The van der Waals surface area contributed by atoms with Gasteiger partial charge in [0.15, 0.2) is 0 Å². The molecule has 0 amide bonds. The summed E-state index contributed by atoms with van der Waals surface area (Å²) in [6.45, 7) is 5.01. The molecule has 3 nitrogen and oxygen atoms in total. The van der Waals surface area contributed by atoms with Gasteiger partial charge in [0.05, 0.1) is 6.04 Å². The Balaban J connectivity index is 2.08. The molecule has 1 aromatic heterocycles. The summed E-state index contributed by atoms with van der Waals surface area (Å²) in [7, 11) is 0. The summed E-state index contributed by atoms with van der Waals surface area (Å²) in [5, 5.41) is 0. The smallest absolute Gasteiger partial charge is 0.122 e. The van der Waals surface area contributed by atoms with E-state index in [1.807, 2.05) is 11.8 Å². The van der Waals surface area contributed by atoms with E-state index in [1.165, 1.54) is 17.9 Å². The summed E-state index contributed by atoms with van der Waals surface area (Å²) in [6, 6.07) is 4.42. The zero-order valence-corrected chi connectivity index (χ0v) is 11.3. The number of furan rings is 1. The van der Waals surface area contributed by atoms with Crippen molar-refractivity contribution in [2.45, 2.75) is 25.8 Å². The van der Waals surface area contributed by atoms with Crippen molar-refractivity contribution in [2.75, 3.05) is 31.1 Å². The Hall–Kier alpha value is -0.450. The molecule has 1 saturated heterocycles. The fraction of sp³-hybridized carbons (Fsp3) is 0.692.